The number of aromatic nitrogens is 2. The Morgan fingerprint density at radius 1 is 1.32 bits per heavy atom. The Balaban J connectivity index is 1.94. The number of amides is 1. The molecular weight excluding hydrogens is 359 g/mol. The van der Waals surface area contributed by atoms with Crippen molar-refractivity contribution in [2.24, 2.45) is 0 Å². The Bertz CT molecular complexity index is 717. The zero-order valence-electron chi connectivity index (χ0n) is 13.4. The normalized spacial score (nSPS) is 11.6. The first-order valence-corrected chi connectivity index (χ1v) is 7.85. The number of alkyl halides is 3. The van der Waals surface area contributed by atoms with Crippen LogP contribution in [0.25, 0.3) is 0 Å². The third-order valence-corrected chi connectivity index (χ3v) is 3.65. The Kier molecular flexibility index (Phi) is 6.44. The number of nitrogens with one attached hydrogen (secondary N) is 1. The zero-order valence-corrected chi connectivity index (χ0v) is 14.2. The van der Waals surface area contributed by atoms with Crippen LogP contribution in [-0.2, 0) is 11.3 Å². The fraction of sp³-hybridized carbons (Fsp3) is 0.375. The van der Waals surface area contributed by atoms with Gasteiger partial charge in [0.15, 0.2) is 0 Å². The number of benzene rings is 1. The number of ether oxygens (including phenoxy) is 1. The van der Waals surface area contributed by atoms with Crippen molar-refractivity contribution in [3.05, 3.63) is 52.3 Å². The van der Waals surface area contributed by atoms with Crippen molar-refractivity contribution in [3.8, 4) is 0 Å². The number of carbonyl (C=O) groups excluding carboxylic acids is 1. The highest BCUT2D eigenvalue weighted by Gasteiger charge is 2.27. The van der Waals surface area contributed by atoms with Gasteiger partial charge in [-0.15, -0.1) is 0 Å². The SMILES string of the molecule is Cc1nn(Cc2ccccc2)c(Cl)c1C(=O)NCCOCC(F)(F)F. The van der Waals surface area contributed by atoms with E-state index in [0.29, 0.717) is 12.2 Å². The van der Waals surface area contributed by atoms with Gasteiger partial charge >= 0.3 is 6.18 Å². The van der Waals surface area contributed by atoms with Crippen molar-refractivity contribution >= 4 is 17.5 Å². The van der Waals surface area contributed by atoms with E-state index < -0.39 is 18.7 Å². The van der Waals surface area contributed by atoms with Crippen molar-refractivity contribution in [2.45, 2.75) is 19.6 Å². The molecule has 9 heteroatoms. The van der Waals surface area contributed by atoms with Gasteiger partial charge in [-0.1, -0.05) is 41.9 Å². The zero-order chi connectivity index (χ0) is 18.4. The molecule has 0 fully saturated rings. The molecule has 0 radical (unpaired) electrons. The maximum Gasteiger partial charge on any atom is 0.411 e. The minimum atomic E-state index is -4.39. The van der Waals surface area contributed by atoms with E-state index in [1.54, 1.807) is 6.92 Å². The van der Waals surface area contributed by atoms with E-state index in [2.05, 4.69) is 15.2 Å². The van der Waals surface area contributed by atoms with E-state index in [-0.39, 0.29) is 23.9 Å². The first kappa shape index (κ1) is 19.3. The lowest BCUT2D eigenvalue weighted by Crippen LogP contribution is -2.29. The summed E-state index contributed by atoms with van der Waals surface area (Å²) in [6.45, 7) is 0.386. The number of rotatable bonds is 7. The monoisotopic (exact) mass is 375 g/mol. The van der Waals surface area contributed by atoms with Gasteiger partial charge in [0.05, 0.1) is 24.4 Å². The van der Waals surface area contributed by atoms with E-state index in [1.165, 1.54) is 4.68 Å². The highest BCUT2D eigenvalue weighted by atomic mass is 35.5. The van der Waals surface area contributed by atoms with Gasteiger partial charge in [0.25, 0.3) is 5.91 Å². The average molecular weight is 376 g/mol. The van der Waals surface area contributed by atoms with Gasteiger partial charge in [-0.2, -0.15) is 18.3 Å². The Morgan fingerprint density at radius 3 is 2.64 bits per heavy atom. The molecule has 0 unspecified atom stereocenters. The Labute approximate surface area is 147 Å². The second kappa shape index (κ2) is 8.35. The number of nitrogens with zero attached hydrogens (tertiary/aromatic N) is 2. The molecule has 0 aliphatic rings. The van der Waals surface area contributed by atoms with Crippen molar-refractivity contribution in [2.75, 3.05) is 19.8 Å². The number of aryl methyl sites for hydroxylation is 1. The summed E-state index contributed by atoms with van der Waals surface area (Å²) in [5.74, 6) is -0.502. The lowest BCUT2D eigenvalue weighted by Gasteiger charge is -2.08. The summed E-state index contributed by atoms with van der Waals surface area (Å²) in [7, 11) is 0. The minimum Gasteiger partial charge on any atom is -0.370 e. The quantitative estimate of drug-likeness (QED) is 0.756. The van der Waals surface area contributed by atoms with E-state index in [1.807, 2.05) is 30.3 Å². The second-order valence-electron chi connectivity index (χ2n) is 5.32. The average Bonchev–Trinajstić information content (AvgIpc) is 2.81. The predicted molar refractivity (Wildman–Crippen MR) is 86.7 cm³/mol. The van der Waals surface area contributed by atoms with Crippen LogP contribution in [0.3, 0.4) is 0 Å². The number of carbonyl (C=O) groups is 1. The van der Waals surface area contributed by atoms with Gasteiger partial charge in [-0.05, 0) is 12.5 Å². The first-order valence-electron chi connectivity index (χ1n) is 7.47. The van der Waals surface area contributed by atoms with Crippen LogP contribution in [0.2, 0.25) is 5.15 Å². The van der Waals surface area contributed by atoms with Crippen LogP contribution in [0, 0.1) is 6.92 Å². The van der Waals surface area contributed by atoms with Crippen LogP contribution in [-0.4, -0.2) is 41.6 Å². The van der Waals surface area contributed by atoms with Crippen LogP contribution >= 0.6 is 11.6 Å². The molecule has 1 aromatic carbocycles. The molecule has 0 atom stereocenters. The molecule has 2 rings (SSSR count). The first-order chi connectivity index (χ1) is 11.8. The Hall–Kier alpha value is -2.06. The van der Waals surface area contributed by atoms with Gasteiger partial charge in [0, 0.05) is 6.54 Å². The fourth-order valence-electron chi connectivity index (χ4n) is 2.19. The van der Waals surface area contributed by atoms with Crippen molar-refractivity contribution < 1.29 is 22.7 Å². The Morgan fingerprint density at radius 2 is 2.00 bits per heavy atom. The van der Waals surface area contributed by atoms with Gasteiger partial charge in [0.1, 0.15) is 11.8 Å². The summed E-state index contributed by atoms with van der Waals surface area (Å²) in [4.78, 5) is 12.2. The topological polar surface area (TPSA) is 56.2 Å². The van der Waals surface area contributed by atoms with Crippen LogP contribution in [0.15, 0.2) is 30.3 Å². The van der Waals surface area contributed by atoms with Crippen LogP contribution in [0.5, 0.6) is 0 Å². The summed E-state index contributed by atoms with van der Waals surface area (Å²) in [5, 5.41) is 6.90. The molecule has 2 aromatic rings. The van der Waals surface area contributed by atoms with Crippen molar-refractivity contribution in [1.29, 1.82) is 0 Å². The molecule has 25 heavy (non-hydrogen) atoms. The molecule has 0 aliphatic carbocycles. The highest BCUT2D eigenvalue weighted by Crippen LogP contribution is 2.21. The molecule has 1 aromatic heterocycles. The molecule has 0 saturated heterocycles. The summed E-state index contributed by atoms with van der Waals surface area (Å²) >= 11 is 6.23. The molecule has 1 heterocycles. The molecule has 5 nitrogen and oxygen atoms in total. The van der Waals surface area contributed by atoms with E-state index in [0.717, 1.165) is 5.56 Å². The van der Waals surface area contributed by atoms with E-state index in [9.17, 15) is 18.0 Å². The van der Waals surface area contributed by atoms with Crippen LogP contribution in [0.1, 0.15) is 21.6 Å². The van der Waals surface area contributed by atoms with Crippen molar-refractivity contribution in [3.63, 3.8) is 0 Å². The predicted octanol–water partition coefficient (Wildman–Crippen LogP) is 3.20. The van der Waals surface area contributed by atoms with Gasteiger partial charge in [-0.25, -0.2) is 4.68 Å². The number of hydrogen-bond donors (Lipinski definition) is 1. The molecule has 1 N–H and O–H groups in total. The highest BCUT2D eigenvalue weighted by molar-refractivity contribution is 6.33. The summed E-state index contributed by atoms with van der Waals surface area (Å²) in [5.41, 5.74) is 1.61. The molecule has 1 amide bonds. The minimum absolute atomic E-state index is 0.0610. The fourth-order valence-corrected chi connectivity index (χ4v) is 2.51. The standard InChI is InChI=1S/C16H17ClF3N3O2/c1-11-13(15(24)21-7-8-25-10-16(18,19)20)14(17)23(22-11)9-12-5-3-2-4-6-12/h2-6H,7-10H2,1H3,(H,21,24). The maximum absolute atomic E-state index is 12.2. The molecular formula is C16H17ClF3N3O2. The molecule has 0 bridgehead atoms. The van der Waals surface area contributed by atoms with E-state index in [4.69, 9.17) is 11.6 Å². The number of halogens is 4. The van der Waals surface area contributed by atoms with Crippen molar-refractivity contribution in [1.82, 2.24) is 15.1 Å². The largest absolute Gasteiger partial charge is 0.411 e. The third-order valence-electron chi connectivity index (χ3n) is 3.27. The molecule has 0 spiro atoms. The molecule has 0 saturated carbocycles. The van der Waals surface area contributed by atoms with Gasteiger partial charge < -0.3 is 10.1 Å². The smallest absolute Gasteiger partial charge is 0.370 e. The second-order valence-corrected chi connectivity index (χ2v) is 5.68. The summed E-state index contributed by atoms with van der Waals surface area (Å²) < 4.78 is 41.8. The molecule has 0 aliphatic heterocycles. The third kappa shape index (κ3) is 5.75. The number of hydrogen-bond acceptors (Lipinski definition) is 3. The lowest BCUT2D eigenvalue weighted by atomic mass is 10.2. The summed E-state index contributed by atoms with van der Waals surface area (Å²) in [6, 6.07) is 9.47. The van der Waals surface area contributed by atoms with Gasteiger partial charge in [0.2, 0.25) is 0 Å². The lowest BCUT2D eigenvalue weighted by molar-refractivity contribution is -0.173. The van der Waals surface area contributed by atoms with Crippen LogP contribution in [0.4, 0.5) is 13.2 Å². The van der Waals surface area contributed by atoms with E-state index >= 15 is 0 Å². The maximum atomic E-state index is 12.2. The van der Waals surface area contributed by atoms with Gasteiger partial charge in [-0.3, -0.25) is 4.79 Å². The summed E-state index contributed by atoms with van der Waals surface area (Å²) in [6.07, 6.45) is -4.39. The van der Waals surface area contributed by atoms with Crippen LogP contribution < -0.4 is 5.32 Å². The molecule has 136 valence electrons.